The highest BCUT2D eigenvalue weighted by Gasteiger charge is 2.43. The van der Waals surface area contributed by atoms with Gasteiger partial charge in [0.1, 0.15) is 11.5 Å². The fourth-order valence-corrected chi connectivity index (χ4v) is 4.18. The van der Waals surface area contributed by atoms with E-state index in [1.807, 2.05) is 49.4 Å². The summed E-state index contributed by atoms with van der Waals surface area (Å²) in [6, 6.07) is 20.8. The average molecular weight is 418 g/mol. The van der Waals surface area contributed by atoms with Crippen molar-refractivity contribution in [3.05, 3.63) is 106 Å². The number of halogens is 2. The third-order valence-corrected chi connectivity index (χ3v) is 5.74. The van der Waals surface area contributed by atoms with Crippen molar-refractivity contribution in [1.29, 1.82) is 0 Å². The Kier molecular flexibility index (Phi) is 4.40. The zero-order valence-corrected chi connectivity index (χ0v) is 16.8. The summed E-state index contributed by atoms with van der Waals surface area (Å²) in [5.74, 6) is -0.590. The Bertz CT molecular complexity index is 1250. The molecule has 1 aromatic heterocycles. The second kappa shape index (κ2) is 7.11. The molecule has 1 atom stereocenters. The van der Waals surface area contributed by atoms with Crippen LogP contribution in [0.4, 0.5) is 10.1 Å². The van der Waals surface area contributed by atoms with E-state index in [0.717, 1.165) is 22.3 Å². The fraction of sp³-hybridized carbons (Fsp3) is 0.0833. The molecule has 1 aliphatic heterocycles. The van der Waals surface area contributed by atoms with Gasteiger partial charge in [0.05, 0.1) is 11.7 Å². The zero-order chi connectivity index (χ0) is 20.8. The molecule has 5 rings (SSSR count). The van der Waals surface area contributed by atoms with Gasteiger partial charge in [-0.1, -0.05) is 59.6 Å². The zero-order valence-electron chi connectivity index (χ0n) is 16.1. The summed E-state index contributed by atoms with van der Waals surface area (Å²) in [5.41, 5.74) is 5.30. The van der Waals surface area contributed by atoms with Crippen LogP contribution in [0.25, 0.3) is 11.3 Å². The number of nitrogens with one attached hydrogen (secondary N) is 1. The SMILES string of the molecule is Cc1ccc(-c2n[nH]c3c2[C@H](c2ccccc2Cl)N(c2ccc(F)cc2)C3=O)cc1. The number of aromatic amines is 1. The maximum atomic E-state index is 13.5. The molecule has 6 heteroatoms. The minimum Gasteiger partial charge on any atom is -0.295 e. The molecule has 0 spiro atoms. The van der Waals surface area contributed by atoms with Gasteiger partial charge in [-0.15, -0.1) is 0 Å². The van der Waals surface area contributed by atoms with Crippen molar-refractivity contribution >= 4 is 23.2 Å². The van der Waals surface area contributed by atoms with Gasteiger partial charge in [-0.2, -0.15) is 5.10 Å². The smallest absolute Gasteiger partial charge is 0.277 e. The quantitative estimate of drug-likeness (QED) is 0.449. The monoisotopic (exact) mass is 417 g/mol. The molecule has 0 bridgehead atoms. The molecule has 148 valence electrons. The number of benzene rings is 3. The Balaban J connectivity index is 1.74. The highest BCUT2D eigenvalue weighted by molar-refractivity contribution is 6.31. The first-order chi connectivity index (χ1) is 14.5. The topological polar surface area (TPSA) is 49.0 Å². The van der Waals surface area contributed by atoms with Gasteiger partial charge in [-0.3, -0.25) is 14.8 Å². The van der Waals surface area contributed by atoms with E-state index in [1.165, 1.54) is 12.1 Å². The van der Waals surface area contributed by atoms with E-state index in [1.54, 1.807) is 23.1 Å². The molecule has 3 aromatic carbocycles. The molecule has 0 saturated carbocycles. The summed E-state index contributed by atoms with van der Waals surface area (Å²) in [6.07, 6.45) is 0. The van der Waals surface area contributed by atoms with E-state index in [4.69, 9.17) is 11.6 Å². The lowest BCUT2D eigenvalue weighted by molar-refractivity contribution is 0.0988. The maximum Gasteiger partial charge on any atom is 0.277 e. The summed E-state index contributed by atoms with van der Waals surface area (Å²) in [6.45, 7) is 2.02. The van der Waals surface area contributed by atoms with Crippen molar-refractivity contribution in [3.63, 3.8) is 0 Å². The third kappa shape index (κ3) is 2.90. The fourth-order valence-electron chi connectivity index (χ4n) is 3.94. The lowest BCUT2D eigenvalue weighted by Crippen LogP contribution is -2.29. The lowest BCUT2D eigenvalue weighted by Gasteiger charge is -2.27. The first-order valence-electron chi connectivity index (χ1n) is 9.53. The van der Waals surface area contributed by atoms with E-state index in [-0.39, 0.29) is 11.7 Å². The first kappa shape index (κ1) is 18.6. The van der Waals surface area contributed by atoms with Gasteiger partial charge >= 0.3 is 0 Å². The van der Waals surface area contributed by atoms with E-state index >= 15 is 0 Å². The molecule has 1 amide bonds. The molecular formula is C24H17ClFN3O. The highest BCUT2D eigenvalue weighted by Crippen LogP contribution is 2.46. The molecular weight excluding hydrogens is 401 g/mol. The van der Waals surface area contributed by atoms with Crippen LogP contribution < -0.4 is 4.90 Å². The second-order valence-corrected chi connectivity index (χ2v) is 7.71. The average Bonchev–Trinajstić information content (AvgIpc) is 3.29. The third-order valence-electron chi connectivity index (χ3n) is 5.40. The molecule has 0 radical (unpaired) electrons. The van der Waals surface area contributed by atoms with Gasteiger partial charge in [0, 0.05) is 21.8 Å². The van der Waals surface area contributed by atoms with Crippen LogP contribution in [0.2, 0.25) is 5.02 Å². The summed E-state index contributed by atoms with van der Waals surface area (Å²) in [5, 5.41) is 7.93. The van der Waals surface area contributed by atoms with Crippen LogP contribution in [0.1, 0.15) is 33.2 Å². The minimum atomic E-state index is -0.485. The molecule has 30 heavy (non-hydrogen) atoms. The molecule has 4 aromatic rings. The van der Waals surface area contributed by atoms with Crippen molar-refractivity contribution in [2.45, 2.75) is 13.0 Å². The number of fused-ring (bicyclic) bond motifs is 1. The lowest BCUT2D eigenvalue weighted by atomic mass is 9.95. The van der Waals surface area contributed by atoms with Crippen LogP contribution in [0.3, 0.4) is 0 Å². The first-order valence-corrected chi connectivity index (χ1v) is 9.91. The van der Waals surface area contributed by atoms with Crippen LogP contribution in [-0.2, 0) is 0 Å². The normalized spacial score (nSPS) is 15.5. The van der Waals surface area contributed by atoms with Crippen molar-refractivity contribution < 1.29 is 9.18 Å². The second-order valence-electron chi connectivity index (χ2n) is 7.30. The molecule has 1 aliphatic rings. The number of carbonyl (C=O) groups is 1. The van der Waals surface area contributed by atoms with Crippen LogP contribution in [0.5, 0.6) is 0 Å². The van der Waals surface area contributed by atoms with Gasteiger partial charge in [0.2, 0.25) is 0 Å². The Labute approximate surface area is 177 Å². The van der Waals surface area contributed by atoms with Crippen LogP contribution in [-0.4, -0.2) is 16.1 Å². The number of rotatable bonds is 3. The number of H-pyrrole nitrogens is 1. The molecule has 0 aliphatic carbocycles. The molecule has 0 unspecified atom stereocenters. The van der Waals surface area contributed by atoms with E-state index < -0.39 is 6.04 Å². The predicted molar refractivity (Wildman–Crippen MR) is 115 cm³/mol. The van der Waals surface area contributed by atoms with Crippen molar-refractivity contribution in [2.24, 2.45) is 0 Å². The number of amides is 1. The number of carbonyl (C=O) groups excluding carboxylic acids is 1. The van der Waals surface area contributed by atoms with Gasteiger partial charge < -0.3 is 0 Å². The predicted octanol–water partition coefficient (Wildman–Crippen LogP) is 5.93. The highest BCUT2D eigenvalue weighted by atomic mass is 35.5. The Morgan fingerprint density at radius 3 is 2.40 bits per heavy atom. The molecule has 0 saturated heterocycles. The molecule has 1 N–H and O–H groups in total. The standard InChI is InChI=1S/C24H17ClFN3O/c1-14-6-8-15(9-7-14)21-20-22(28-27-21)24(30)29(17-12-10-16(26)11-13-17)23(20)18-4-2-3-5-19(18)25/h2-13,23H,1H3,(H,27,28)/t23-/m0/s1. The number of aromatic nitrogens is 2. The molecule has 0 fully saturated rings. The van der Waals surface area contributed by atoms with Crippen molar-refractivity contribution in [1.82, 2.24) is 10.2 Å². The largest absolute Gasteiger partial charge is 0.295 e. The summed E-state index contributed by atoms with van der Waals surface area (Å²) < 4.78 is 13.5. The van der Waals surface area contributed by atoms with Gasteiger partial charge in [0.25, 0.3) is 5.91 Å². The van der Waals surface area contributed by atoms with Crippen molar-refractivity contribution in [2.75, 3.05) is 4.90 Å². The number of aryl methyl sites for hydroxylation is 1. The number of nitrogens with zero attached hydrogens (tertiary/aromatic N) is 2. The summed E-state index contributed by atoms with van der Waals surface area (Å²) >= 11 is 6.55. The van der Waals surface area contributed by atoms with E-state index in [9.17, 15) is 9.18 Å². The number of hydrogen-bond donors (Lipinski definition) is 1. The van der Waals surface area contributed by atoms with E-state index in [2.05, 4.69) is 10.2 Å². The van der Waals surface area contributed by atoms with Crippen LogP contribution in [0.15, 0.2) is 72.8 Å². The van der Waals surface area contributed by atoms with Gasteiger partial charge in [-0.25, -0.2) is 4.39 Å². The Morgan fingerprint density at radius 2 is 1.70 bits per heavy atom. The summed E-state index contributed by atoms with van der Waals surface area (Å²) in [4.78, 5) is 15.0. The number of anilines is 1. The van der Waals surface area contributed by atoms with Crippen LogP contribution in [0, 0.1) is 12.7 Å². The Morgan fingerprint density at radius 1 is 1.00 bits per heavy atom. The summed E-state index contributed by atoms with van der Waals surface area (Å²) in [7, 11) is 0. The van der Waals surface area contributed by atoms with Crippen molar-refractivity contribution in [3.8, 4) is 11.3 Å². The molecule has 2 heterocycles. The molecule has 4 nitrogen and oxygen atoms in total. The number of hydrogen-bond acceptors (Lipinski definition) is 2. The Hall–Kier alpha value is -3.44. The van der Waals surface area contributed by atoms with Crippen LogP contribution >= 0.6 is 11.6 Å². The van der Waals surface area contributed by atoms with Gasteiger partial charge in [-0.05, 0) is 42.8 Å². The minimum absolute atomic E-state index is 0.229. The maximum absolute atomic E-state index is 13.5. The van der Waals surface area contributed by atoms with Gasteiger partial charge in [0.15, 0.2) is 0 Å². The van der Waals surface area contributed by atoms with E-state index in [0.29, 0.717) is 22.1 Å².